The fourth-order valence-electron chi connectivity index (χ4n) is 1.38. The predicted molar refractivity (Wildman–Crippen MR) is 58.4 cm³/mol. The number of halogens is 1. The number of nitrogens with zero attached hydrogens (tertiary/aromatic N) is 1. The lowest BCUT2D eigenvalue weighted by Crippen LogP contribution is -2.30. The summed E-state index contributed by atoms with van der Waals surface area (Å²) in [6.07, 6.45) is -0.00471. The van der Waals surface area contributed by atoms with Crippen LogP contribution in [0.2, 0.25) is 0 Å². The molecule has 0 aromatic heterocycles. The maximum Gasteiger partial charge on any atom is 0.268 e. The molecule has 17 heavy (non-hydrogen) atoms. The Balaban J connectivity index is 1.88. The molecule has 0 unspecified atom stereocenters. The van der Waals surface area contributed by atoms with Gasteiger partial charge in [0.05, 0.1) is 6.42 Å². The number of nitrogens with one attached hydrogen (secondary N) is 2. The molecule has 0 bridgehead atoms. The topological polar surface area (TPSA) is 70.6 Å². The van der Waals surface area contributed by atoms with Crippen LogP contribution >= 0.6 is 0 Å². The molecule has 2 rings (SSSR count). The van der Waals surface area contributed by atoms with Gasteiger partial charge in [-0.1, -0.05) is 12.1 Å². The van der Waals surface area contributed by atoms with E-state index in [0.29, 0.717) is 0 Å². The normalized spacial score (nSPS) is 14.2. The SMILES string of the molecule is O=C1CC(C(=O)NCc2ccc(F)cc2)=NN1. The van der Waals surface area contributed by atoms with Crippen LogP contribution in [0.1, 0.15) is 12.0 Å². The van der Waals surface area contributed by atoms with Crippen LogP contribution < -0.4 is 10.7 Å². The van der Waals surface area contributed by atoms with Crippen LogP contribution in [0.3, 0.4) is 0 Å². The van der Waals surface area contributed by atoms with Crippen molar-refractivity contribution in [3.05, 3.63) is 35.6 Å². The molecule has 0 atom stereocenters. The highest BCUT2D eigenvalue weighted by Crippen LogP contribution is 2.02. The standard InChI is InChI=1S/C11H10FN3O2/c12-8-3-1-7(2-4-8)6-13-11(17)9-5-10(16)15-14-9/h1-4H,5-6H2,(H,13,17)(H,15,16). The minimum atomic E-state index is -0.396. The predicted octanol–water partition coefficient (Wildman–Crippen LogP) is 0.318. The second-order valence-electron chi connectivity index (χ2n) is 3.58. The Labute approximate surface area is 96.7 Å². The van der Waals surface area contributed by atoms with E-state index in [1.54, 1.807) is 12.1 Å². The van der Waals surface area contributed by atoms with Gasteiger partial charge in [-0.25, -0.2) is 9.82 Å². The Morgan fingerprint density at radius 1 is 1.41 bits per heavy atom. The first-order valence-corrected chi connectivity index (χ1v) is 5.03. The van der Waals surface area contributed by atoms with E-state index < -0.39 is 5.91 Å². The van der Waals surface area contributed by atoms with Crippen molar-refractivity contribution in [1.29, 1.82) is 0 Å². The third kappa shape index (κ3) is 2.87. The first kappa shape index (κ1) is 11.3. The number of hydrogen-bond donors (Lipinski definition) is 2. The third-order valence-corrected chi connectivity index (χ3v) is 2.27. The van der Waals surface area contributed by atoms with Gasteiger partial charge in [-0.2, -0.15) is 5.10 Å². The number of carbonyl (C=O) groups excluding carboxylic acids is 2. The lowest BCUT2D eigenvalue weighted by molar-refractivity contribution is -0.120. The van der Waals surface area contributed by atoms with Gasteiger partial charge in [-0.15, -0.1) is 0 Å². The lowest BCUT2D eigenvalue weighted by Gasteiger charge is -2.03. The van der Waals surface area contributed by atoms with E-state index in [1.165, 1.54) is 12.1 Å². The highest BCUT2D eigenvalue weighted by Gasteiger charge is 2.20. The zero-order valence-corrected chi connectivity index (χ0v) is 8.87. The lowest BCUT2D eigenvalue weighted by atomic mass is 10.2. The molecule has 1 aliphatic rings. The Morgan fingerprint density at radius 2 is 2.12 bits per heavy atom. The van der Waals surface area contributed by atoms with Crippen LogP contribution in [-0.4, -0.2) is 17.5 Å². The Morgan fingerprint density at radius 3 is 2.71 bits per heavy atom. The number of amides is 2. The van der Waals surface area contributed by atoms with Crippen molar-refractivity contribution in [1.82, 2.24) is 10.7 Å². The summed E-state index contributed by atoms with van der Waals surface area (Å²) in [5.74, 6) is -1.01. The first-order valence-electron chi connectivity index (χ1n) is 5.03. The van der Waals surface area contributed by atoms with Crippen molar-refractivity contribution < 1.29 is 14.0 Å². The smallest absolute Gasteiger partial charge is 0.268 e. The van der Waals surface area contributed by atoms with Crippen molar-refractivity contribution >= 4 is 17.5 Å². The molecule has 1 heterocycles. The van der Waals surface area contributed by atoms with Crippen molar-refractivity contribution in [2.75, 3.05) is 0 Å². The second kappa shape index (κ2) is 4.73. The monoisotopic (exact) mass is 235 g/mol. The molecule has 5 nitrogen and oxygen atoms in total. The van der Waals surface area contributed by atoms with Crippen molar-refractivity contribution in [2.24, 2.45) is 5.10 Å². The van der Waals surface area contributed by atoms with Gasteiger partial charge in [0.25, 0.3) is 5.91 Å². The Hall–Kier alpha value is -2.24. The molecule has 1 aromatic carbocycles. The van der Waals surface area contributed by atoms with E-state index in [9.17, 15) is 14.0 Å². The van der Waals surface area contributed by atoms with Crippen LogP contribution in [0.25, 0.3) is 0 Å². The van der Waals surface area contributed by atoms with Crippen molar-refractivity contribution in [2.45, 2.75) is 13.0 Å². The summed E-state index contributed by atoms with van der Waals surface area (Å²) < 4.78 is 12.6. The van der Waals surface area contributed by atoms with Crippen molar-refractivity contribution in [3.63, 3.8) is 0 Å². The number of rotatable bonds is 3. The van der Waals surface area contributed by atoms with Gasteiger partial charge in [-0.05, 0) is 17.7 Å². The van der Waals surface area contributed by atoms with Crippen LogP contribution in [0.5, 0.6) is 0 Å². The van der Waals surface area contributed by atoms with E-state index in [0.717, 1.165) is 5.56 Å². The van der Waals surface area contributed by atoms with E-state index in [1.807, 2.05) is 0 Å². The van der Waals surface area contributed by atoms with E-state index >= 15 is 0 Å². The minimum Gasteiger partial charge on any atom is -0.347 e. The summed E-state index contributed by atoms with van der Waals surface area (Å²) in [5, 5.41) is 6.18. The first-order chi connectivity index (χ1) is 8.15. The molecule has 0 radical (unpaired) electrons. The highest BCUT2D eigenvalue weighted by molar-refractivity contribution is 6.43. The summed E-state index contributed by atoms with van der Waals surface area (Å²) in [6.45, 7) is 0.270. The molecule has 0 spiro atoms. The fraction of sp³-hybridized carbons (Fsp3) is 0.182. The number of hydrogen-bond acceptors (Lipinski definition) is 3. The molecule has 2 amide bonds. The average Bonchev–Trinajstić information content (AvgIpc) is 2.75. The number of carbonyl (C=O) groups is 2. The van der Waals surface area contributed by atoms with Gasteiger partial charge in [0.15, 0.2) is 0 Å². The molecule has 1 aliphatic heterocycles. The van der Waals surface area contributed by atoms with E-state index in [-0.39, 0.29) is 30.4 Å². The molecular formula is C11H10FN3O2. The summed E-state index contributed by atoms with van der Waals surface area (Å²) in [6, 6.07) is 5.80. The van der Waals surface area contributed by atoms with Crippen LogP contribution in [0.15, 0.2) is 29.4 Å². The molecule has 0 saturated heterocycles. The Bertz CT molecular complexity index is 482. The zero-order chi connectivity index (χ0) is 12.3. The second-order valence-corrected chi connectivity index (χ2v) is 3.58. The maximum absolute atomic E-state index is 12.6. The largest absolute Gasteiger partial charge is 0.347 e. The van der Waals surface area contributed by atoms with Gasteiger partial charge in [-0.3, -0.25) is 9.59 Å². The number of benzene rings is 1. The third-order valence-electron chi connectivity index (χ3n) is 2.27. The molecule has 2 N–H and O–H groups in total. The minimum absolute atomic E-state index is 0.00471. The zero-order valence-electron chi connectivity index (χ0n) is 8.87. The van der Waals surface area contributed by atoms with Gasteiger partial charge >= 0.3 is 0 Å². The molecule has 88 valence electrons. The molecule has 0 fully saturated rings. The molecule has 1 aromatic rings. The fourth-order valence-corrected chi connectivity index (χ4v) is 1.38. The summed E-state index contributed by atoms with van der Waals surface area (Å²) in [7, 11) is 0. The molecule has 0 saturated carbocycles. The molecule has 6 heteroatoms. The average molecular weight is 235 g/mol. The van der Waals surface area contributed by atoms with Gasteiger partial charge in [0.2, 0.25) is 5.91 Å². The van der Waals surface area contributed by atoms with Crippen LogP contribution in [-0.2, 0) is 16.1 Å². The van der Waals surface area contributed by atoms with Crippen LogP contribution in [0.4, 0.5) is 4.39 Å². The van der Waals surface area contributed by atoms with Crippen LogP contribution in [0, 0.1) is 5.82 Å². The summed E-state index contributed by atoms with van der Waals surface area (Å²) in [4.78, 5) is 22.3. The van der Waals surface area contributed by atoms with Gasteiger partial charge < -0.3 is 5.32 Å². The Kier molecular flexibility index (Phi) is 3.13. The molecule has 0 aliphatic carbocycles. The van der Waals surface area contributed by atoms with E-state index in [4.69, 9.17) is 0 Å². The summed E-state index contributed by atoms with van der Waals surface area (Å²) >= 11 is 0. The van der Waals surface area contributed by atoms with Gasteiger partial charge in [0.1, 0.15) is 11.5 Å². The van der Waals surface area contributed by atoms with Gasteiger partial charge in [0, 0.05) is 6.54 Å². The maximum atomic E-state index is 12.6. The van der Waals surface area contributed by atoms with E-state index in [2.05, 4.69) is 15.8 Å². The quantitative estimate of drug-likeness (QED) is 0.792. The number of hydrazone groups is 1. The van der Waals surface area contributed by atoms with Crippen molar-refractivity contribution in [3.8, 4) is 0 Å². The molecular weight excluding hydrogens is 225 g/mol. The highest BCUT2D eigenvalue weighted by atomic mass is 19.1. The summed E-state index contributed by atoms with van der Waals surface area (Å²) in [5.41, 5.74) is 3.13.